The van der Waals surface area contributed by atoms with Gasteiger partial charge in [-0.25, -0.2) is 8.42 Å². The SMILES string of the molecule is COCCN(C(=O)/C=C/c1cc2ccccc2o1)C1CCS(=O)(=O)C1. The first-order valence-corrected chi connectivity index (χ1v) is 9.97. The van der Waals surface area contributed by atoms with Crippen LogP contribution in [0.3, 0.4) is 0 Å². The van der Waals surface area contributed by atoms with E-state index in [-0.39, 0.29) is 23.5 Å². The molecule has 0 radical (unpaired) electrons. The molecule has 1 aliphatic heterocycles. The Morgan fingerprint density at radius 2 is 2.20 bits per heavy atom. The number of carbonyl (C=O) groups excluding carboxylic acids is 1. The molecule has 134 valence electrons. The summed E-state index contributed by atoms with van der Waals surface area (Å²) in [4.78, 5) is 14.2. The molecule has 6 nitrogen and oxygen atoms in total. The van der Waals surface area contributed by atoms with Crippen LogP contribution in [0.1, 0.15) is 12.2 Å². The van der Waals surface area contributed by atoms with E-state index < -0.39 is 9.84 Å². The number of sulfone groups is 1. The Bertz CT molecular complexity index is 851. The van der Waals surface area contributed by atoms with E-state index in [0.717, 1.165) is 11.0 Å². The first-order valence-electron chi connectivity index (χ1n) is 8.15. The molecule has 0 aliphatic carbocycles. The molecule has 3 rings (SSSR count). The lowest BCUT2D eigenvalue weighted by Crippen LogP contribution is -2.42. The van der Waals surface area contributed by atoms with Crippen LogP contribution in [0.5, 0.6) is 0 Å². The molecule has 25 heavy (non-hydrogen) atoms. The molecule has 1 aromatic carbocycles. The highest BCUT2D eigenvalue weighted by Gasteiger charge is 2.33. The van der Waals surface area contributed by atoms with Gasteiger partial charge in [0.1, 0.15) is 11.3 Å². The number of methoxy groups -OCH3 is 1. The Balaban J connectivity index is 1.74. The van der Waals surface area contributed by atoms with Crippen LogP contribution in [-0.4, -0.2) is 57.0 Å². The van der Waals surface area contributed by atoms with Crippen molar-refractivity contribution in [3.8, 4) is 0 Å². The van der Waals surface area contributed by atoms with Gasteiger partial charge in [-0.2, -0.15) is 0 Å². The zero-order valence-corrected chi connectivity index (χ0v) is 14.9. The van der Waals surface area contributed by atoms with Crippen molar-refractivity contribution in [3.05, 3.63) is 42.2 Å². The Morgan fingerprint density at radius 1 is 1.40 bits per heavy atom. The molecule has 0 bridgehead atoms. The maximum atomic E-state index is 12.6. The van der Waals surface area contributed by atoms with E-state index in [9.17, 15) is 13.2 Å². The van der Waals surface area contributed by atoms with Gasteiger partial charge in [0, 0.05) is 31.2 Å². The Morgan fingerprint density at radius 3 is 2.88 bits per heavy atom. The predicted molar refractivity (Wildman–Crippen MR) is 95.9 cm³/mol. The van der Waals surface area contributed by atoms with Crippen molar-refractivity contribution in [2.24, 2.45) is 0 Å². The smallest absolute Gasteiger partial charge is 0.247 e. The highest BCUT2D eigenvalue weighted by molar-refractivity contribution is 7.91. The summed E-state index contributed by atoms with van der Waals surface area (Å²) in [6.45, 7) is 0.723. The number of para-hydroxylation sites is 1. The second kappa shape index (κ2) is 7.41. The van der Waals surface area contributed by atoms with Gasteiger partial charge >= 0.3 is 0 Å². The van der Waals surface area contributed by atoms with Gasteiger partial charge < -0.3 is 14.1 Å². The Hall–Kier alpha value is -2.12. The van der Waals surface area contributed by atoms with Gasteiger partial charge in [-0.15, -0.1) is 0 Å². The standard InChI is InChI=1S/C18H21NO5S/c1-23-10-9-19(15-8-11-25(21,22)13-15)18(20)7-6-16-12-14-4-2-3-5-17(14)24-16/h2-7,12,15H,8-11,13H2,1H3/b7-6+. The highest BCUT2D eigenvalue weighted by Crippen LogP contribution is 2.21. The number of fused-ring (bicyclic) bond motifs is 1. The number of carbonyl (C=O) groups is 1. The van der Waals surface area contributed by atoms with Gasteiger partial charge in [0.25, 0.3) is 0 Å². The molecule has 0 N–H and O–H groups in total. The summed E-state index contributed by atoms with van der Waals surface area (Å²) >= 11 is 0. The minimum Gasteiger partial charge on any atom is -0.457 e. The van der Waals surface area contributed by atoms with Gasteiger partial charge in [-0.05, 0) is 24.6 Å². The molecule has 1 amide bonds. The number of hydrogen-bond acceptors (Lipinski definition) is 5. The molecule has 2 aromatic rings. The lowest BCUT2D eigenvalue weighted by molar-refractivity contribution is -0.128. The monoisotopic (exact) mass is 363 g/mol. The molecule has 1 aliphatic rings. The third kappa shape index (κ3) is 4.29. The summed E-state index contributed by atoms with van der Waals surface area (Å²) in [6.07, 6.45) is 3.51. The zero-order valence-electron chi connectivity index (χ0n) is 14.1. The lowest BCUT2D eigenvalue weighted by atomic mass is 10.2. The number of nitrogens with zero attached hydrogens (tertiary/aromatic N) is 1. The molecule has 7 heteroatoms. The zero-order chi connectivity index (χ0) is 17.9. The van der Waals surface area contributed by atoms with Crippen molar-refractivity contribution in [3.63, 3.8) is 0 Å². The fourth-order valence-electron chi connectivity index (χ4n) is 3.02. The summed E-state index contributed by atoms with van der Waals surface area (Å²) in [6, 6.07) is 9.17. The maximum Gasteiger partial charge on any atom is 0.247 e. The van der Waals surface area contributed by atoms with Gasteiger partial charge in [0.2, 0.25) is 5.91 Å². The molecule has 1 aromatic heterocycles. The summed E-state index contributed by atoms with van der Waals surface area (Å²) in [5, 5.41) is 0.965. The van der Waals surface area contributed by atoms with Gasteiger partial charge in [-0.1, -0.05) is 18.2 Å². The molecular formula is C18H21NO5S. The number of furan rings is 1. The normalized spacial score (nSPS) is 19.6. The van der Waals surface area contributed by atoms with Crippen LogP contribution in [0.2, 0.25) is 0 Å². The van der Waals surface area contributed by atoms with Crippen LogP contribution in [0.4, 0.5) is 0 Å². The van der Waals surface area contributed by atoms with Crippen molar-refractivity contribution in [1.82, 2.24) is 4.90 Å². The summed E-state index contributed by atoms with van der Waals surface area (Å²) < 4.78 is 34.1. The van der Waals surface area contributed by atoms with E-state index in [4.69, 9.17) is 9.15 Å². The molecule has 1 saturated heterocycles. The summed E-state index contributed by atoms with van der Waals surface area (Å²) in [5.41, 5.74) is 0.757. The van der Waals surface area contributed by atoms with Crippen molar-refractivity contribution >= 4 is 32.8 Å². The molecule has 1 atom stereocenters. The quantitative estimate of drug-likeness (QED) is 0.735. The van der Waals surface area contributed by atoms with Gasteiger partial charge in [-0.3, -0.25) is 4.79 Å². The molecule has 1 unspecified atom stereocenters. The van der Waals surface area contributed by atoms with Crippen molar-refractivity contribution in [2.75, 3.05) is 31.8 Å². The van der Waals surface area contributed by atoms with E-state index >= 15 is 0 Å². The summed E-state index contributed by atoms with van der Waals surface area (Å²) in [7, 11) is -1.51. The number of rotatable bonds is 6. The Kier molecular flexibility index (Phi) is 5.24. The van der Waals surface area contributed by atoms with Crippen LogP contribution in [0.25, 0.3) is 17.0 Å². The van der Waals surface area contributed by atoms with Crippen LogP contribution >= 0.6 is 0 Å². The minimum absolute atomic E-state index is 0.0148. The topological polar surface area (TPSA) is 76.8 Å². The fourth-order valence-corrected chi connectivity index (χ4v) is 4.75. The van der Waals surface area contributed by atoms with Crippen LogP contribution in [-0.2, 0) is 19.4 Å². The first-order chi connectivity index (χ1) is 12.0. The lowest BCUT2D eigenvalue weighted by Gasteiger charge is -2.26. The van der Waals surface area contributed by atoms with E-state index in [1.54, 1.807) is 18.1 Å². The van der Waals surface area contributed by atoms with Crippen molar-refractivity contribution < 1.29 is 22.4 Å². The molecule has 1 fully saturated rings. The minimum atomic E-state index is -3.06. The van der Waals surface area contributed by atoms with E-state index in [0.29, 0.717) is 25.3 Å². The second-order valence-corrected chi connectivity index (χ2v) is 8.33. The van der Waals surface area contributed by atoms with Gasteiger partial charge in [0.05, 0.1) is 18.1 Å². The van der Waals surface area contributed by atoms with Crippen LogP contribution in [0, 0.1) is 0 Å². The van der Waals surface area contributed by atoms with E-state index in [1.165, 1.54) is 6.08 Å². The predicted octanol–water partition coefficient (Wildman–Crippen LogP) is 2.11. The average Bonchev–Trinajstić information content (AvgIpc) is 3.16. The second-order valence-electron chi connectivity index (χ2n) is 6.10. The van der Waals surface area contributed by atoms with E-state index in [2.05, 4.69) is 0 Å². The van der Waals surface area contributed by atoms with Crippen molar-refractivity contribution in [1.29, 1.82) is 0 Å². The third-order valence-corrected chi connectivity index (χ3v) is 6.05. The molecule has 2 heterocycles. The van der Waals surface area contributed by atoms with Crippen LogP contribution in [0.15, 0.2) is 40.8 Å². The number of benzene rings is 1. The molecule has 0 saturated carbocycles. The number of amides is 1. The van der Waals surface area contributed by atoms with Crippen molar-refractivity contribution in [2.45, 2.75) is 12.5 Å². The van der Waals surface area contributed by atoms with Crippen LogP contribution < -0.4 is 0 Å². The Labute approximate surface area is 147 Å². The van der Waals surface area contributed by atoms with Gasteiger partial charge in [0.15, 0.2) is 9.84 Å². The number of ether oxygens (including phenoxy) is 1. The number of hydrogen-bond donors (Lipinski definition) is 0. The largest absolute Gasteiger partial charge is 0.457 e. The third-order valence-electron chi connectivity index (χ3n) is 4.30. The van der Waals surface area contributed by atoms with E-state index in [1.807, 2.05) is 30.3 Å². The molecule has 0 spiro atoms. The molecular weight excluding hydrogens is 342 g/mol. The average molecular weight is 363 g/mol. The fraction of sp³-hybridized carbons (Fsp3) is 0.389. The maximum absolute atomic E-state index is 12.6. The summed E-state index contributed by atoms with van der Waals surface area (Å²) in [5.74, 6) is 0.489. The first kappa shape index (κ1) is 17.7. The highest BCUT2D eigenvalue weighted by atomic mass is 32.2.